The van der Waals surface area contributed by atoms with Crippen LogP contribution in [0.5, 0.6) is 0 Å². The highest BCUT2D eigenvalue weighted by atomic mass is 32.1. The Labute approximate surface area is 119 Å². The van der Waals surface area contributed by atoms with E-state index < -0.39 is 0 Å². The molecule has 3 rings (SSSR count). The van der Waals surface area contributed by atoms with Gasteiger partial charge in [0.2, 0.25) is 5.91 Å². The number of piperidine rings is 1. The molecular formula is C15H22N2OS. The van der Waals surface area contributed by atoms with Crippen LogP contribution in [0.1, 0.15) is 37.5 Å². The van der Waals surface area contributed by atoms with Crippen molar-refractivity contribution < 1.29 is 4.79 Å². The van der Waals surface area contributed by atoms with Crippen LogP contribution in [0.4, 0.5) is 0 Å². The predicted octanol–water partition coefficient (Wildman–Crippen LogP) is 2.63. The Morgan fingerprint density at radius 3 is 2.95 bits per heavy atom. The summed E-state index contributed by atoms with van der Waals surface area (Å²) < 4.78 is 0. The van der Waals surface area contributed by atoms with Crippen LogP contribution in [-0.4, -0.2) is 29.4 Å². The molecule has 1 aliphatic carbocycles. The molecule has 19 heavy (non-hydrogen) atoms. The molecule has 2 unspecified atom stereocenters. The van der Waals surface area contributed by atoms with Gasteiger partial charge in [0.05, 0.1) is 12.6 Å². The summed E-state index contributed by atoms with van der Waals surface area (Å²) in [6.07, 6.45) is 4.72. The first-order valence-electron chi connectivity index (χ1n) is 7.32. The van der Waals surface area contributed by atoms with Crippen LogP contribution in [0, 0.1) is 5.92 Å². The summed E-state index contributed by atoms with van der Waals surface area (Å²) in [5.41, 5.74) is 0. The Morgan fingerprint density at radius 2 is 2.32 bits per heavy atom. The summed E-state index contributed by atoms with van der Waals surface area (Å²) in [4.78, 5) is 16.2. The highest BCUT2D eigenvalue weighted by molar-refractivity contribution is 7.09. The molecule has 104 valence electrons. The molecule has 2 atom stereocenters. The highest BCUT2D eigenvalue weighted by Gasteiger charge is 2.38. The number of thiophene rings is 1. The Bertz CT molecular complexity index is 427. The van der Waals surface area contributed by atoms with Crippen molar-refractivity contribution in [3.05, 3.63) is 22.4 Å². The van der Waals surface area contributed by atoms with Gasteiger partial charge in [0.1, 0.15) is 0 Å². The number of nitrogens with one attached hydrogen (secondary N) is 1. The molecule has 1 aromatic heterocycles. The topological polar surface area (TPSA) is 32.3 Å². The third-order valence-electron chi connectivity index (χ3n) is 4.21. The molecule has 4 heteroatoms. The standard InChI is InChI=1S/C15H22N2OS/c1-11-4-2-8-16-14(11)15(18)17(12-6-7-12)10-13-5-3-9-19-13/h3,5,9,11-12,14,16H,2,4,6-8,10H2,1H3. The van der Waals surface area contributed by atoms with Crippen LogP contribution >= 0.6 is 11.3 Å². The molecule has 0 radical (unpaired) electrons. The average molecular weight is 278 g/mol. The Kier molecular flexibility index (Phi) is 3.89. The highest BCUT2D eigenvalue weighted by Crippen LogP contribution is 2.31. The first-order valence-corrected chi connectivity index (χ1v) is 8.20. The van der Waals surface area contributed by atoms with Gasteiger partial charge in [0.15, 0.2) is 0 Å². The monoisotopic (exact) mass is 278 g/mol. The van der Waals surface area contributed by atoms with Crippen molar-refractivity contribution in [2.24, 2.45) is 5.92 Å². The van der Waals surface area contributed by atoms with E-state index in [1.807, 2.05) is 0 Å². The summed E-state index contributed by atoms with van der Waals surface area (Å²) >= 11 is 1.75. The lowest BCUT2D eigenvalue weighted by atomic mass is 9.91. The van der Waals surface area contributed by atoms with Crippen molar-refractivity contribution in [3.63, 3.8) is 0 Å². The van der Waals surface area contributed by atoms with E-state index in [1.54, 1.807) is 11.3 Å². The van der Waals surface area contributed by atoms with Crippen molar-refractivity contribution in [1.82, 2.24) is 10.2 Å². The number of carbonyl (C=O) groups excluding carboxylic acids is 1. The zero-order valence-corrected chi connectivity index (χ0v) is 12.3. The van der Waals surface area contributed by atoms with Crippen molar-refractivity contribution in [2.45, 2.75) is 51.2 Å². The van der Waals surface area contributed by atoms with E-state index in [1.165, 1.54) is 30.6 Å². The van der Waals surface area contributed by atoms with Gasteiger partial charge in [-0.05, 0) is 49.6 Å². The maximum Gasteiger partial charge on any atom is 0.240 e. The maximum atomic E-state index is 12.8. The maximum absolute atomic E-state index is 12.8. The van der Waals surface area contributed by atoms with Gasteiger partial charge in [-0.15, -0.1) is 11.3 Å². The van der Waals surface area contributed by atoms with Crippen LogP contribution in [0.25, 0.3) is 0 Å². The smallest absolute Gasteiger partial charge is 0.240 e. The molecule has 1 aliphatic heterocycles. The Balaban J connectivity index is 1.70. The molecule has 2 heterocycles. The Hall–Kier alpha value is -0.870. The SMILES string of the molecule is CC1CCCNC1C(=O)N(Cc1cccs1)C1CC1. The molecule has 1 amide bonds. The molecule has 1 aromatic rings. The molecule has 3 nitrogen and oxygen atoms in total. The minimum Gasteiger partial charge on any atom is -0.333 e. The predicted molar refractivity (Wildman–Crippen MR) is 78.1 cm³/mol. The number of hydrogen-bond acceptors (Lipinski definition) is 3. The molecule has 2 aliphatic rings. The summed E-state index contributed by atoms with van der Waals surface area (Å²) in [5, 5.41) is 5.51. The fraction of sp³-hybridized carbons (Fsp3) is 0.667. The average Bonchev–Trinajstić information content (AvgIpc) is 3.13. The van der Waals surface area contributed by atoms with Gasteiger partial charge in [-0.25, -0.2) is 0 Å². The fourth-order valence-corrected chi connectivity index (χ4v) is 3.61. The molecule has 1 N–H and O–H groups in total. The first-order chi connectivity index (χ1) is 9.25. The summed E-state index contributed by atoms with van der Waals surface area (Å²) in [6, 6.07) is 4.72. The number of carbonyl (C=O) groups is 1. The zero-order chi connectivity index (χ0) is 13.2. The quantitative estimate of drug-likeness (QED) is 0.918. The molecule has 1 saturated carbocycles. The lowest BCUT2D eigenvalue weighted by Crippen LogP contribution is -2.52. The van der Waals surface area contributed by atoms with E-state index in [9.17, 15) is 4.79 Å². The second kappa shape index (κ2) is 5.63. The molecule has 0 bridgehead atoms. The van der Waals surface area contributed by atoms with Gasteiger partial charge in [0.25, 0.3) is 0 Å². The van der Waals surface area contributed by atoms with Gasteiger partial charge in [-0.3, -0.25) is 4.79 Å². The second-order valence-electron chi connectivity index (χ2n) is 5.83. The van der Waals surface area contributed by atoms with E-state index in [2.05, 4.69) is 34.7 Å². The summed E-state index contributed by atoms with van der Waals surface area (Å²) in [7, 11) is 0. The lowest BCUT2D eigenvalue weighted by molar-refractivity contribution is -0.136. The van der Waals surface area contributed by atoms with Crippen LogP contribution in [0.2, 0.25) is 0 Å². The first kappa shape index (κ1) is 13.1. The van der Waals surface area contributed by atoms with Crippen LogP contribution < -0.4 is 5.32 Å². The van der Waals surface area contributed by atoms with E-state index >= 15 is 0 Å². The number of hydrogen-bond donors (Lipinski definition) is 1. The molecule has 0 aromatic carbocycles. The third-order valence-corrected chi connectivity index (χ3v) is 5.07. The van der Waals surface area contributed by atoms with Crippen molar-refractivity contribution in [3.8, 4) is 0 Å². The van der Waals surface area contributed by atoms with E-state index in [0.29, 0.717) is 17.9 Å². The number of rotatable bonds is 4. The zero-order valence-electron chi connectivity index (χ0n) is 11.5. The molecule has 0 spiro atoms. The number of nitrogens with zero attached hydrogens (tertiary/aromatic N) is 1. The second-order valence-corrected chi connectivity index (χ2v) is 6.86. The van der Waals surface area contributed by atoms with Gasteiger partial charge in [-0.1, -0.05) is 13.0 Å². The van der Waals surface area contributed by atoms with Crippen LogP contribution in [-0.2, 0) is 11.3 Å². The van der Waals surface area contributed by atoms with Gasteiger partial charge in [0, 0.05) is 10.9 Å². The van der Waals surface area contributed by atoms with Crippen molar-refractivity contribution in [2.75, 3.05) is 6.54 Å². The van der Waals surface area contributed by atoms with Crippen molar-refractivity contribution in [1.29, 1.82) is 0 Å². The third kappa shape index (κ3) is 3.00. The normalized spacial score (nSPS) is 27.2. The van der Waals surface area contributed by atoms with Gasteiger partial charge < -0.3 is 10.2 Å². The molecule has 1 saturated heterocycles. The van der Waals surface area contributed by atoms with Crippen LogP contribution in [0.15, 0.2) is 17.5 Å². The van der Waals surface area contributed by atoms with E-state index in [4.69, 9.17) is 0 Å². The van der Waals surface area contributed by atoms with Gasteiger partial charge >= 0.3 is 0 Å². The molecule has 2 fully saturated rings. The molecular weight excluding hydrogens is 256 g/mol. The summed E-state index contributed by atoms with van der Waals surface area (Å²) in [6.45, 7) is 3.98. The number of amides is 1. The van der Waals surface area contributed by atoms with Crippen LogP contribution in [0.3, 0.4) is 0 Å². The largest absolute Gasteiger partial charge is 0.333 e. The van der Waals surface area contributed by atoms with E-state index in [-0.39, 0.29) is 6.04 Å². The summed E-state index contributed by atoms with van der Waals surface area (Å²) in [5.74, 6) is 0.786. The Morgan fingerprint density at radius 1 is 1.47 bits per heavy atom. The van der Waals surface area contributed by atoms with E-state index in [0.717, 1.165) is 13.1 Å². The minimum atomic E-state index is 0.0364. The lowest BCUT2D eigenvalue weighted by Gasteiger charge is -2.34. The van der Waals surface area contributed by atoms with Gasteiger partial charge in [-0.2, -0.15) is 0 Å². The minimum absolute atomic E-state index is 0.0364. The fourth-order valence-electron chi connectivity index (χ4n) is 2.90. The van der Waals surface area contributed by atoms with Crippen molar-refractivity contribution >= 4 is 17.2 Å².